The first-order valence-corrected chi connectivity index (χ1v) is 16.4. The third-order valence-electron chi connectivity index (χ3n) is 7.62. The Morgan fingerprint density at radius 1 is 1.04 bits per heavy atom. The molecule has 0 saturated carbocycles. The quantitative estimate of drug-likeness (QED) is 0.173. The van der Waals surface area contributed by atoms with Crippen LogP contribution in [-0.2, 0) is 11.3 Å². The van der Waals surface area contributed by atoms with E-state index in [1.165, 1.54) is 36.0 Å². The second kappa shape index (κ2) is 13.7. The van der Waals surface area contributed by atoms with Gasteiger partial charge in [-0.25, -0.2) is 9.40 Å². The maximum atomic E-state index is 13.8. The van der Waals surface area contributed by atoms with Gasteiger partial charge < -0.3 is 10.1 Å². The normalized spacial score (nSPS) is 14.3. The van der Waals surface area contributed by atoms with Crippen molar-refractivity contribution in [1.29, 1.82) is 0 Å². The van der Waals surface area contributed by atoms with Crippen LogP contribution in [0.15, 0.2) is 94.5 Å². The average molecular weight is 655 g/mol. The smallest absolute Gasteiger partial charge is 0.255 e. The lowest BCUT2D eigenvalue weighted by Gasteiger charge is -2.22. The third-order valence-corrected chi connectivity index (χ3v) is 9.45. The number of hydrazone groups is 1. The van der Waals surface area contributed by atoms with Gasteiger partial charge in [-0.1, -0.05) is 54.2 Å². The Morgan fingerprint density at radius 3 is 2.61 bits per heavy atom. The number of ether oxygens (including phenoxy) is 1. The SMILES string of the molecule is COc1ccccc1C(=O)NCc1nnc(SCC(=O)N2N=C(c3cccs3)CC2c2ccc(F)cc2)n1-c1cc(C)ccc1C. The van der Waals surface area contributed by atoms with Crippen molar-refractivity contribution in [2.75, 3.05) is 12.9 Å². The number of nitrogens with zero attached hydrogens (tertiary/aromatic N) is 5. The molecule has 0 fully saturated rings. The van der Waals surface area contributed by atoms with Crippen LogP contribution in [0.25, 0.3) is 5.69 Å². The maximum absolute atomic E-state index is 13.8. The van der Waals surface area contributed by atoms with Gasteiger partial charge in [-0.3, -0.25) is 14.2 Å². The molecule has 0 aliphatic carbocycles. The van der Waals surface area contributed by atoms with Crippen molar-refractivity contribution < 1.29 is 18.7 Å². The summed E-state index contributed by atoms with van der Waals surface area (Å²) in [6.45, 7) is 4.09. The minimum atomic E-state index is -0.358. The number of carbonyl (C=O) groups is 2. The molecule has 12 heteroatoms. The highest BCUT2D eigenvalue weighted by atomic mass is 32.2. The van der Waals surface area contributed by atoms with Gasteiger partial charge >= 0.3 is 0 Å². The highest BCUT2D eigenvalue weighted by molar-refractivity contribution is 7.99. The summed E-state index contributed by atoms with van der Waals surface area (Å²) >= 11 is 2.81. The van der Waals surface area contributed by atoms with Crippen LogP contribution in [0.2, 0.25) is 0 Å². The molecular weight excluding hydrogens is 624 g/mol. The number of para-hydroxylation sites is 1. The highest BCUT2D eigenvalue weighted by Gasteiger charge is 2.34. The predicted molar refractivity (Wildman–Crippen MR) is 177 cm³/mol. The Morgan fingerprint density at radius 2 is 1.85 bits per heavy atom. The Kier molecular flexibility index (Phi) is 9.27. The topological polar surface area (TPSA) is 102 Å². The van der Waals surface area contributed by atoms with E-state index < -0.39 is 0 Å². The van der Waals surface area contributed by atoms with Gasteiger partial charge in [0.05, 0.1) is 47.3 Å². The number of nitrogens with one attached hydrogen (secondary N) is 1. The van der Waals surface area contributed by atoms with E-state index in [2.05, 4.69) is 15.5 Å². The van der Waals surface area contributed by atoms with Crippen molar-refractivity contribution >= 4 is 40.6 Å². The molecule has 234 valence electrons. The first-order valence-electron chi connectivity index (χ1n) is 14.6. The van der Waals surface area contributed by atoms with Crippen LogP contribution < -0.4 is 10.1 Å². The van der Waals surface area contributed by atoms with Gasteiger partial charge in [0.1, 0.15) is 11.6 Å². The van der Waals surface area contributed by atoms with E-state index >= 15 is 0 Å². The molecular formula is C34H31FN6O3S2. The van der Waals surface area contributed by atoms with E-state index in [1.54, 1.807) is 47.7 Å². The number of carbonyl (C=O) groups excluding carboxylic acids is 2. The van der Waals surface area contributed by atoms with Crippen LogP contribution in [-0.4, -0.2) is 50.2 Å². The van der Waals surface area contributed by atoms with Gasteiger partial charge in [-0.2, -0.15) is 5.10 Å². The lowest BCUT2D eigenvalue weighted by molar-refractivity contribution is -0.130. The monoisotopic (exact) mass is 654 g/mol. The number of hydrogen-bond donors (Lipinski definition) is 1. The largest absolute Gasteiger partial charge is 0.496 e. The number of methoxy groups -OCH3 is 1. The Bertz CT molecular complexity index is 1910. The number of amides is 2. The second-order valence-corrected chi connectivity index (χ2v) is 12.6. The molecule has 9 nitrogen and oxygen atoms in total. The van der Waals surface area contributed by atoms with E-state index in [-0.39, 0.29) is 36.0 Å². The van der Waals surface area contributed by atoms with Gasteiger partial charge in [0, 0.05) is 6.42 Å². The molecule has 3 aromatic carbocycles. The van der Waals surface area contributed by atoms with E-state index in [9.17, 15) is 14.0 Å². The highest BCUT2D eigenvalue weighted by Crippen LogP contribution is 2.35. The minimum Gasteiger partial charge on any atom is -0.496 e. The van der Waals surface area contributed by atoms with Crippen molar-refractivity contribution in [3.05, 3.63) is 123 Å². The molecule has 5 aromatic rings. The molecule has 1 aliphatic heterocycles. The molecule has 46 heavy (non-hydrogen) atoms. The number of benzene rings is 3. The van der Waals surface area contributed by atoms with Crippen molar-refractivity contribution in [3.8, 4) is 11.4 Å². The summed E-state index contributed by atoms with van der Waals surface area (Å²) in [5.41, 5.74) is 4.91. The van der Waals surface area contributed by atoms with Gasteiger partial charge in [0.15, 0.2) is 11.0 Å². The molecule has 1 atom stereocenters. The average Bonchev–Trinajstić information content (AvgIpc) is 3.84. The van der Waals surface area contributed by atoms with Crippen LogP contribution in [0.3, 0.4) is 0 Å². The molecule has 1 N–H and O–H groups in total. The van der Waals surface area contributed by atoms with Crippen LogP contribution in [0.1, 0.15) is 50.2 Å². The predicted octanol–water partition coefficient (Wildman–Crippen LogP) is 6.49. The Labute approximate surface area is 274 Å². The summed E-state index contributed by atoms with van der Waals surface area (Å²) in [6, 6.07) is 22.8. The second-order valence-electron chi connectivity index (χ2n) is 10.7. The van der Waals surface area contributed by atoms with Crippen LogP contribution in [0.4, 0.5) is 4.39 Å². The summed E-state index contributed by atoms with van der Waals surface area (Å²) in [7, 11) is 1.52. The molecule has 3 heterocycles. The molecule has 0 saturated heterocycles. The van der Waals surface area contributed by atoms with E-state index in [0.29, 0.717) is 28.7 Å². The Balaban J connectivity index is 1.26. The number of halogens is 1. The van der Waals surface area contributed by atoms with Gasteiger partial charge in [0.2, 0.25) is 0 Å². The van der Waals surface area contributed by atoms with Crippen LogP contribution in [0, 0.1) is 19.7 Å². The zero-order valence-corrected chi connectivity index (χ0v) is 27.1. The van der Waals surface area contributed by atoms with Crippen molar-refractivity contribution in [2.45, 2.75) is 38.0 Å². The summed E-state index contributed by atoms with van der Waals surface area (Å²) in [5.74, 6) is 0.155. The summed E-state index contributed by atoms with van der Waals surface area (Å²) < 4.78 is 21.0. The van der Waals surface area contributed by atoms with Gasteiger partial charge in [0.25, 0.3) is 11.8 Å². The van der Waals surface area contributed by atoms with E-state index in [4.69, 9.17) is 9.84 Å². The van der Waals surface area contributed by atoms with Gasteiger partial charge in [-0.05, 0) is 72.3 Å². The fourth-order valence-electron chi connectivity index (χ4n) is 5.27. The van der Waals surface area contributed by atoms with Crippen LogP contribution in [0.5, 0.6) is 5.75 Å². The lowest BCUT2D eigenvalue weighted by atomic mass is 10.0. The van der Waals surface area contributed by atoms with Crippen LogP contribution >= 0.6 is 23.1 Å². The molecule has 2 amide bonds. The fraction of sp³-hybridized carbons (Fsp3) is 0.206. The number of hydrogen-bond acceptors (Lipinski definition) is 8. The number of rotatable bonds is 10. The molecule has 0 radical (unpaired) electrons. The van der Waals surface area contributed by atoms with Crippen molar-refractivity contribution in [1.82, 2.24) is 25.1 Å². The minimum absolute atomic E-state index is 0.0372. The number of thiophene rings is 1. The molecule has 1 aliphatic rings. The number of aryl methyl sites for hydroxylation is 2. The zero-order valence-electron chi connectivity index (χ0n) is 25.4. The van der Waals surface area contributed by atoms with Crippen molar-refractivity contribution in [2.24, 2.45) is 5.10 Å². The zero-order chi connectivity index (χ0) is 32.2. The Hall–Kier alpha value is -4.81. The first-order chi connectivity index (χ1) is 22.3. The summed E-state index contributed by atoms with van der Waals surface area (Å²) in [4.78, 5) is 27.9. The molecule has 1 unspecified atom stereocenters. The number of aromatic nitrogens is 3. The summed E-state index contributed by atoms with van der Waals surface area (Å²) in [6.07, 6.45) is 0.525. The molecule has 0 bridgehead atoms. The molecule has 6 rings (SSSR count). The third kappa shape index (κ3) is 6.58. The first kappa shape index (κ1) is 31.2. The number of thioether (sulfide) groups is 1. The van der Waals surface area contributed by atoms with E-state index in [0.717, 1.165) is 33.0 Å². The lowest BCUT2D eigenvalue weighted by Crippen LogP contribution is -2.28. The fourth-order valence-corrected chi connectivity index (χ4v) is 6.80. The molecule has 2 aromatic heterocycles. The van der Waals surface area contributed by atoms with Crippen molar-refractivity contribution in [3.63, 3.8) is 0 Å². The standard InChI is InChI=1S/C34H31FN6O3S2/c1-21-10-11-22(2)27(17-21)40-31(19-36-33(43)25-7-4-5-8-29(25)44-3)37-38-34(40)46-20-32(42)41-28(23-12-14-24(35)15-13-23)18-26(39-41)30-9-6-16-45-30/h4-17,28H,18-20H2,1-3H3,(H,36,43). The maximum Gasteiger partial charge on any atom is 0.255 e. The summed E-state index contributed by atoms with van der Waals surface area (Å²) in [5, 5.41) is 20.5. The van der Waals surface area contributed by atoms with Gasteiger partial charge in [-0.15, -0.1) is 21.5 Å². The van der Waals surface area contributed by atoms with E-state index in [1.807, 2.05) is 54.1 Å². The molecule has 0 spiro atoms.